The van der Waals surface area contributed by atoms with Gasteiger partial charge in [0, 0.05) is 11.4 Å². The van der Waals surface area contributed by atoms with E-state index in [-0.39, 0.29) is 5.97 Å². The lowest BCUT2D eigenvalue weighted by Crippen LogP contribution is -2.04. The van der Waals surface area contributed by atoms with Crippen LogP contribution in [0.15, 0.2) is 18.2 Å². The van der Waals surface area contributed by atoms with Crippen molar-refractivity contribution in [3.8, 4) is 5.75 Å². The molecule has 0 bridgehead atoms. The van der Waals surface area contributed by atoms with Gasteiger partial charge in [-0.25, -0.2) is 0 Å². The lowest BCUT2D eigenvalue weighted by molar-refractivity contribution is -0.143. The molecule has 0 unspecified atom stereocenters. The number of rotatable bonds is 8. The molecule has 1 rings (SSSR count). The molecule has 0 N–H and O–H groups in total. The fourth-order valence-electron chi connectivity index (χ4n) is 1.68. The van der Waals surface area contributed by atoms with Crippen LogP contribution >= 0.6 is 11.6 Å². The van der Waals surface area contributed by atoms with Crippen LogP contribution in [0.5, 0.6) is 5.75 Å². The fraction of sp³-hybridized carbons (Fsp3) is 0.533. The van der Waals surface area contributed by atoms with E-state index in [1.807, 2.05) is 32.0 Å². The van der Waals surface area contributed by atoms with E-state index in [2.05, 4.69) is 0 Å². The Morgan fingerprint density at radius 1 is 1.26 bits per heavy atom. The van der Waals surface area contributed by atoms with Crippen LogP contribution in [0.4, 0.5) is 0 Å². The van der Waals surface area contributed by atoms with Crippen LogP contribution in [0, 0.1) is 6.92 Å². The summed E-state index contributed by atoms with van der Waals surface area (Å²) in [5.41, 5.74) is 1.02. The number of unbranched alkanes of at least 4 members (excludes halogenated alkanes) is 2. The van der Waals surface area contributed by atoms with Crippen molar-refractivity contribution in [2.45, 2.75) is 39.5 Å². The van der Waals surface area contributed by atoms with Gasteiger partial charge >= 0.3 is 5.97 Å². The van der Waals surface area contributed by atoms with Crippen LogP contribution < -0.4 is 4.74 Å². The van der Waals surface area contributed by atoms with E-state index in [0.717, 1.165) is 35.6 Å². The average molecular weight is 285 g/mol. The van der Waals surface area contributed by atoms with E-state index >= 15 is 0 Å². The van der Waals surface area contributed by atoms with Crippen LogP contribution in [-0.2, 0) is 9.53 Å². The maximum Gasteiger partial charge on any atom is 0.305 e. The Labute approximate surface area is 119 Å². The molecule has 0 amide bonds. The first-order valence-corrected chi connectivity index (χ1v) is 7.06. The first-order valence-electron chi connectivity index (χ1n) is 6.68. The van der Waals surface area contributed by atoms with Gasteiger partial charge in [0.15, 0.2) is 0 Å². The Bertz CT molecular complexity index is 404. The van der Waals surface area contributed by atoms with E-state index < -0.39 is 0 Å². The number of hydrogen-bond acceptors (Lipinski definition) is 3. The highest BCUT2D eigenvalue weighted by atomic mass is 35.5. The molecule has 0 saturated carbocycles. The summed E-state index contributed by atoms with van der Waals surface area (Å²) >= 11 is 5.94. The van der Waals surface area contributed by atoms with Crippen molar-refractivity contribution in [2.24, 2.45) is 0 Å². The summed E-state index contributed by atoms with van der Waals surface area (Å²) in [6, 6.07) is 5.64. The minimum Gasteiger partial charge on any atom is -0.494 e. The quantitative estimate of drug-likeness (QED) is 0.531. The van der Waals surface area contributed by atoms with Crippen LogP contribution in [-0.4, -0.2) is 19.2 Å². The maximum absolute atomic E-state index is 11.1. The average Bonchev–Trinajstić information content (AvgIpc) is 2.38. The second kappa shape index (κ2) is 8.81. The topological polar surface area (TPSA) is 35.5 Å². The third kappa shape index (κ3) is 6.48. The maximum atomic E-state index is 11.1. The molecule has 3 nitrogen and oxygen atoms in total. The van der Waals surface area contributed by atoms with Crippen LogP contribution in [0.25, 0.3) is 0 Å². The van der Waals surface area contributed by atoms with Gasteiger partial charge in [-0.15, -0.1) is 0 Å². The summed E-state index contributed by atoms with van der Waals surface area (Å²) in [7, 11) is 0. The zero-order valence-corrected chi connectivity index (χ0v) is 12.3. The Morgan fingerprint density at radius 2 is 2.05 bits per heavy atom. The predicted octanol–water partition coefficient (Wildman–Crippen LogP) is 4.15. The zero-order chi connectivity index (χ0) is 14.1. The van der Waals surface area contributed by atoms with Gasteiger partial charge in [-0.05, 0) is 56.9 Å². The Kier molecular flexibility index (Phi) is 7.34. The molecule has 0 heterocycles. The molecule has 0 radical (unpaired) electrons. The highest BCUT2D eigenvalue weighted by molar-refractivity contribution is 6.31. The molecular formula is C15H21ClO3. The predicted molar refractivity (Wildman–Crippen MR) is 76.8 cm³/mol. The standard InChI is InChI=1S/C15H21ClO3/c1-3-18-15(17)7-5-4-6-10-19-13-8-9-14(16)12(2)11-13/h8-9,11H,3-7,10H2,1-2H3. The minimum atomic E-state index is -0.114. The summed E-state index contributed by atoms with van der Waals surface area (Å²) in [5.74, 6) is 0.726. The number of ether oxygens (including phenoxy) is 2. The van der Waals surface area contributed by atoms with Gasteiger partial charge in [0.25, 0.3) is 0 Å². The number of hydrogen-bond donors (Lipinski definition) is 0. The number of carbonyl (C=O) groups excluding carboxylic acids is 1. The van der Waals surface area contributed by atoms with Crippen LogP contribution in [0.2, 0.25) is 5.02 Å². The lowest BCUT2D eigenvalue weighted by atomic mass is 10.2. The van der Waals surface area contributed by atoms with Crippen molar-refractivity contribution in [1.29, 1.82) is 0 Å². The molecule has 0 aliphatic carbocycles. The summed E-state index contributed by atoms with van der Waals surface area (Å²) < 4.78 is 10.5. The van der Waals surface area contributed by atoms with E-state index in [4.69, 9.17) is 21.1 Å². The number of benzene rings is 1. The summed E-state index contributed by atoms with van der Waals surface area (Å²) in [6.45, 7) is 4.89. The molecule has 0 aromatic heterocycles. The largest absolute Gasteiger partial charge is 0.494 e. The molecular weight excluding hydrogens is 264 g/mol. The summed E-state index contributed by atoms with van der Waals surface area (Å²) in [5, 5.41) is 0.752. The molecule has 1 aromatic rings. The minimum absolute atomic E-state index is 0.114. The third-order valence-electron chi connectivity index (χ3n) is 2.73. The second-order valence-corrected chi connectivity index (χ2v) is 4.78. The molecule has 0 aliphatic heterocycles. The molecule has 1 aromatic carbocycles. The van der Waals surface area contributed by atoms with Gasteiger partial charge in [0.2, 0.25) is 0 Å². The molecule has 4 heteroatoms. The van der Waals surface area contributed by atoms with Gasteiger partial charge in [-0.3, -0.25) is 4.79 Å². The molecule has 0 fully saturated rings. The van der Waals surface area contributed by atoms with E-state index in [0.29, 0.717) is 19.6 Å². The molecule has 0 aliphatic rings. The highest BCUT2D eigenvalue weighted by Gasteiger charge is 2.01. The van der Waals surface area contributed by atoms with Crippen molar-refractivity contribution in [3.05, 3.63) is 28.8 Å². The Balaban J connectivity index is 2.10. The molecule has 0 atom stereocenters. The smallest absolute Gasteiger partial charge is 0.305 e. The van der Waals surface area contributed by atoms with Gasteiger partial charge in [-0.1, -0.05) is 11.6 Å². The van der Waals surface area contributed by atoms with E-state index in [9.17, 15) is 4.79 Å². The van der Waals surface area contributed by atoms with E-state index in [1.165, 1.54) is 0 Å². The van der Waals surface area contributed by atoms with Crippen molar-refractivity contribution >= 4 is 17.6 Å². The van der Waals surface area contributed by atoms with Crippen molar-refractivity contribution in [2.75, 3.05) is 13.2 Å². The normalized spacial score (nSPS) is 10.3. The highest BCUT2D eigenvalue weighted by Crippen LogP contribution is 2.21. The first-order chi connectivity index (χ1) is 9.13. The lowest BCUT2D eigenvalue weighted by Gasteiger charge is -2.07. The van der Waals surface area contributed by atoms with Crippen LogP contribution in [0.3, 0.4) is 0 Å². The third-order valence-corrected chi connectivity index (χ3v) is 3.15. The zero-order valence-electron chi connectivity index (χ0n) is 11.6. The monoisotopic (exact) mass is 284 g/mol. The number of aryl methyl sites for hydroxylation is 1. The van der Waals surface area contributed by atoms with Gasteiger partial charge < -0.3 is 9.47 Å². The van der Waals surface area contributed by atoms with Crippen LogP contribution in [0.1, 0.15) is 38.2 Å². The summed E-state index contributed by atoms with van der Waals surface area (Å²) in [4.78, 5) is 11.1. The Hall–Kier alpha value is -1.22. The molecule has 0 spiro atoms. The van der Waals surface area contributed by atoms with Gasteiger partial charge in [-0.2, -0.15) is 0 Å². The number of carbonyl (C=O) groups is 1. The van der Waals surface area contributed by atoms with Crippen molar-refractivity contribution < 1.29 is 14.3 Å². The van der Waals surface area contributed by atoms with Crippen molar-refractivity contribution in [1.82, 2.24) is 0 Å². The van der Waals surface area contributed by atoms with Gasteiger partial charge in [0.1, 0.15) is 5.75 Å². The van der Waals surface area contributed by atoms with E-state index in [1.54, 1.807) is 0 Å². The molecule has 106 valence electrons. The molecule has 0 saturated heterocycles. The molecule has 19 heavy (non-hydrogen) atoms. The SMILES string of the molecule is CCOC(=O)CCCCCOc1ccc(Cl)c(C)c1. The summed E-state index contributed by atoms with van der Waals surface area (Å²) in [6.07, 6.45) is 3.24. The fourth-order valence-corrected chi connectivity index (χ4v) is 1.80. The second-order valence-electron chi connectivity index (χ2n) is 4.38. The number of esters is 1. The number of halogens is 1. The van der Waals surface area contributed by atoms with Crippen molar-refractivity contribution in [3.63, 3.8) is 0 Å². The first kappa shape index (κ1) is 15.8. The Morgan fingerprint density at radius 3 is 2.74 bits per heavy atom. The van der Waals surface area contributed by atoms with Gasteiger partial charge in [0.05, 0.1) is 13.2 Å².